The number of rotatable bonds is 1. The van der Waals surface area contributed by atoms with E-state index in [1.807, 2.05) is 6.20 Å². The third kappa shape index (κ3) is 1.85. The van der Waals surface area contributed by atoms with Gasteiger partial charge in [-0.3, -0.25) is 4.98 Å². The van der Waals surface area contributed by atoms with Crippen molar-refractivity contribution in [2.45, 2.75) is 0 Å². The van der Waals surface area contributed by atoms with Crippen molar-refractivity contribution in [3.8, 4) is 11.3 Å². The first-order valence-electron chi connectivity index (χ1n) is 7.75. The van der Waals surface area contributed by atoms with Crippen molar-refractivity contribution >= 4 is 32.6 Å². The van der Waals surface area contributed by atoms with E-state index in [1.54, 1.807) is 0 Å². The van der Waals surface area contributed by atoms with Crippen LogP contribution in [0.2, 0.25) is 0 Å². The van der Waals surface area contributed by atoms with Crippen LogP contribution >= 0.6 is 0 Å². The lowest BCUT2D eigenvalue weighted by Gasteiger charge is -2.05. The van der Waals surface area contributed by atoms with Crippen LogP contribution in [0.4, 0.5) is 0 Å². The summed E-state index contributed by atoms with van der Waals surface area (Å²) in [5.41, 5.74) is 4.40. The molecule has 2 heteroatoms. The molecule has 0 spiro atoms. The highest BCUT2D eigenvalue weighted by Crippen LogP contribution is 2.32. The van der Waals surface area contributed by atoms with Gasteiger partial charge >= 0.3 is 0 Å². The number of hydrogen-bond donors (Lipinski definition) is 1. The molecular formula is C21H14N2. The Morgan fingerprint density at radius 3 is 2.48 bits per heavy atom. The SMILES string of the molecule is c1ccc2cc(-c3nccc4c3[nH]c3ccccc34)ccc2c1. The maximum absolute atomic E-state index is 4.65. The summed E-state index contributed by atoms with van der Waals surface area (Å²) in [5, 5.41) is 4.95. The molecule has 1 N–H and O–H groups in total. The van der Waals surface area contributed by atoms with Gasteiger partial charge in [0, 0.05) is 28.0 Å². The first kappa shape index (κ1) is 12.4. The standard InChI is InChI=1S/C21H14N2/c1-2-6-15-13-16(10-9-14(15)5-1)20-21-18(11-12-22-20)17-7-3-4-8-19(17)23-21/h1-13,23H. The summed E-state index contributed by atoms with van der Waals surface area (Å²) in [6.45, 7) is 0. The van der Waals surface area contributed by atoms with Crippen molar-refractivity contribution in [1.82, 2.24) is 9.97 Å². The van der Waals surface area contributed by atoms with Crippen LogP contribution in [0.1, 0.15) is 0 Å². The molecule has 0 saturated carbocycles. The van der Waals surface area contributed by atoms with Crippen LogP contribution in [0, 0.1) is 0 Å². The normalized spacial score (nSPS) is 11.5. The summed E-state index contributed by atoms with van der Waals surface area (Å²) in [7, 11) is 0. The Morgan fingerprint density at radius 1 is 0.696 bits per heavy atom. The monoisotopic (exact) mass is 294 g/mol. The number of hydrogen-bond acceptors (Lipinski definition) is 1. The third-order valence-electron chi connectivity index (χ3n) is 4.45. The Kier molecular flexibility index (Phi) is 2.53. The molecule has 0 aliphatic rings. The Hall–Kier alpha value is -3.13. The minimum absolute atomic E-state index is 1.00. The van der Waals surface area contributed by atoms with E-state index in [4.69, 9.17) is 0 Å². The average Bonchev–Trinajstić information content (AvgIpc) is 3.00. The zero-order valence-corrected chi connectivity index (χ0v) is 12.5. The number of para-hydroxylation sites is 1. The van der Waals surface area contributed by atoms with E-state index in [0.717, 1.165) is 22.3 Å². The van der Waals surface area contributed by atoms with Crippen LogP contribution in [-0.2, 0) is 0 Å². The fourth-order valence-corrected chi connectivity index (χ4v) is 3.33. The zero-order valence-electron chi connectivity index (χ0n) is 12.5. The molecule has 3 aromatic carbocycles. The number of pyridine rings is 1. The molecule has 0 amide bonds. The Bertz CT molecular complexity index is 1170. The second kappa shape index (κ2) is 4.68. The Morgan fingerprint density at radius 2 is 1.52 bits per heavy atom. The number of aromatic nitrogens is 2. The molecule has 2 nitrogen and oxygen atoms in total. The van der Waals surface area contributed by atoms with Gasteiger partial charge in [-0.2, -0.15) is 0 Å². The maximum atomic E-state index is 4.65. The summed E-state index contributed by atoms with van der Waals surface area (Å²) in [4.78, 5) is 8.18. The van der Waals surface area contributed by atoms with Crippen LogP contribution in [0.5, 0.6) is 0 Å². The first-order valence-corrected chi connectivity index (χ1v) is 7.75. The van der Waals surface area contributed by atoms with Gasteiger partial charge in [0.25, 0.3) is 0 Å². The van der Waals surface area contributed by atoms with Crippen molar-refractivity contribution in [3.05, 3.63) is 79.0 Å². The highest BCUT2D eigenvalue weighted by Gasteiger charge is 2.10. The molecular weight excluding hydrogens is 280 g/mol. The van der Waals surface area contributed by atoms with E-state index in [2.05, 4.69) is 82.8 Å². The van der Waals surface area contributed by atoms with Crippen LogP contribution in [0.15, 0.2) is 79.0 Å². The van der Waals surface area contributed by atoms with E-state index in [0.29, 0.717) is 0 Å². The van der Waals surface area contributed by atoms with Crippen LogP contribution in [-0.4, -0.2) is 9.97 Å². The van der Waals surface area contributed by atoms with Crippen molar-refractivity contribution in [2.24, 2.45) is 0 Å². The predicted octanol–water partition coefficient (Wildman–Crippen LogP) is 5.54. The molecule has 0 bridgehead atoms. The van der Waals surface area contributed by atoms with Gasteiger partial charge in [-0.25, -0.2) is 0 Å². The molecule has 0 aliphatic heterocycles. The number of benzene rings is 3. The van der Waals surface area contributed by atoms with Crippen LogP contribution < -0.4 is 0 Å². The van der Waals surface area contributed by atoms with Crippen molar-refractivity contribution in [2.75, 3.05) is 0 Å². The number of H-pyrrole nitrogens is 1. The predicted molar refractivity (Wildman–Crippen MR) is 96.5 cm³/mol. The zero-order chi connectivity index (χ0) is 15.2. The summed E-state index contributed by atoms with van der Waals surface area (Å²) < 4.78 is 0. The van der Waals surface area contributed by atoms with Gasteiger partial charge < -0.3 is 4.98 Å². The largest absolute Gasteiger partial charge is 0.353 e. The molecule has 2 heterocycles. The summed E-state index contributed by atoms with van der Waals surface area (Å²) in [6, 6.07) is 25.4. The fourth-order valence-electron chi connectivity index (χ4n) is 3.33. The summed E-state index contributed by atoms with van der Waals surface area (Å²) in [5.74, 6) is 0. The quantitative estimate of drug-likeness (QED) is 0.432. The Labute approximate surface area is 133 Å². The van der Waals surface area contributed by atoms with Gasteiger partial charge in [-0.1, -0.05) is 54.6 Å². The molecule has 108 valence electrons. The van der Waals surface area contributed by atoms with E-state index in [1.165, 1.54) is 21.5 Å². The molecule has 0 fully saturated rings. The van der Waals surface area contributed by atoms with Crippen molar-refractivity contribution < 1.29 is 0 Å². The molecule has 0 unspecified atom stereocenters. The Balaban J connectivity index is 1.84. The molecule has 5 rings (SSSR count). The minimum atomic E-state index is 1.00. The van der Waals surface area contributed by atoms with Gasteiger partial charge in [0.1, 0.15) is 0 Å². The van der Waals surface area contributed by atoms with Gasteiger partial charge in [0.05, 0.1) is 11.2 Å². The molecule has 2 aromatic heterocycles. The van der Waals surface area contributed by atoms with Crippen LogP contribution in [0.25, 0.3) is 43.8 Å². The van der Waals surface area contributed by atoms with Crippen molar-refractivity contribution in [3.63, 3.8) is 0 Å². The lowest BCUT2D eigenvalue weighted by atomic mass is 10.0. The van der Waals surface area contributed by atoms with E-state index < -0.39 is 0 Å². The number of aromatic amines is 1. The van der Waals surface area contributed by atoms with Crippen LogP contribution in [0.3, 0.4) is 0 Å². The third-order valence-corrected chi connectivity index (χ3v) is 4.45. The average molecular weight is 294 g/mol. The second-order valence-electron chi connectivity index (χ2n) is 5.81. The van der Waals surface area contributed by atoms with E-state index in [9.17, 15) is 0 Å². The molecule has 0 aliphatic carbocycles. The van der Waals surface area contributed by atoms with Gasteiger partial charge in [-0.05, 0) is 29.0 Å². The highest BCUT2D eigenvalue weighted by molar-refractivity contribution is 6.11. The van der Waals surface area contributed by atoms with Gasteiger partial charge in [0.2, 0.25) is 0 Å². The maximum Gasteiger partial charge on any atom is 0.0943 e. The van der Waals surface area contributed by atoms with E-state index in [-0.39, 0.29) is 0 Å². The minimum Gasteiger partial charge on any atom is -0.353 e. The van der Waals surface area contributed by atoms with E-state index >= 15 is 0 Å². The number of nitrogens with zero attached hydrogens (tertiary/aromatic N) is 1. The number of nitrogens with one attached hydrogen (secondary N) is 1. The topological polar surface area (TPSA) is 28.7 Å². The van der Waals surface area contributed by atoms with Crippen molar-refractivity contribution in [1.29, 1.82) is 0 Å². The van der Waals surface area contributed by atoms with Gasteiger partial charge in [-0.15, -0.1) is 0 Å². The lowest BCUT2D eigenvalue weighted by Crippen LogP contribution is -1.85. The first-order chi connectivity index (χ1) is 11.4. The smallest absolute Gasteiger partial charge is 0.0943 e. The molecule has 5 aromatic rings. The fraction of sp³-hybridized carbons (Fsp3) is 0. The summed E-state index contributed by atoms with van der Waals surface area (Å²) >= 11 is 0. The second-order valence-corrected chi connectivity index (χ2v) is 5.81. The molecule has 0 atom stereocenters. The number of fused-ring (bicyclic) bond motifs is 4. The highest BCUT2D eigenvalue weighted by atomic mass is 14.8. The molecule has 0 saturated heterocycles. The summed E-state index contributed by atoms with van der Waals surface area (Å²) in [6.07, 6.45) is 1.90. The lowest BCUT2D eigenvalue weighted by molar-refractivity contribution is 1.34. The van der Waals surface area contributed by atoms with Gasteiger partial charge in [0.15, 0.2) is 0 Å². The molecule has 0 radical (unpaired) electrons. The molecule has 23 heavy (non-hydrogen) atoms.